The largest absolute Gasteiger partial charge is 0.465 e. The number of halogens is 1. The predicted octanol–water partition coefficient (Wildman–Crippen LogP) is 2.34. The van der Waals surface area contributed by atoms with Crippen molar-refractivity contribution >= 4 is 16.9 Å². The van der Waals surface area contributed by atoms with Crippen LogP contribution in [0.25, 0.3) is 10.9 Å². The summed E-state index contributed by atoms with van der Waals surface area (Å²) in [5.74, 6) is -0.564. The minimum atomic E-state index is -0.288. The predicted molar refractivity (Wildman–Crippen MR) is 58.5 cm³/mol. The summed E-state index contributed by atoms with van der Waals surface area (Å²) in [6.45, 7) is 2.29. The molecule has 0 N–H and O–H groups in total. The van der Waals surface area contributed by atoms with E-state index >= 15 is 0 Å². The molecule has 1 aromatic heterocycles. The number of fused-ring (bicyclic) bond motifs is 1. The molecule has 0 amide bonds. The number of benzene rings is 1. The Kier molecular flexibility index (Phi) is 2.90. The molecule has 0 atom stereocenters. The van der Waals surface area contributed by atoms with E-state index in [4.69, 9.17) is 4.74 Å². The Labute approximate surface area is 92.4 Å². The molecule has 0 saturated carbocycles. The summed E-state index contributed by atoms with van der Waals surface area (Å²) in [6.07, 6.45) is 1.75. The van der Waals surface area contributed by atoms with Gasteiger partial charge in [0.15, 0.2) is 0 Å². The Morgan fingerprint density at radius 3 is 3.00 bits per heavy atom. The fourth-order valence-electron chi connectivity index (χ4n) is 1.65. The molecule has 1 heterocycles. The zero-order valence-corrected chi connectivity index (χ0v) is 8.94. The molecule has 0 aliphatic heterocycles. The van der Waals surface area contributed by atoms with E-state index < -0.39 is 0 Å². The Bertz CT molecular complexity index is 519. The molecule has 1 aromatic carbocycles. The van der Waals surface area contributed by atoms with Gasteiger partial charge in [0.1, 0.15) is 12.4 Å². The molecule has 2 aromatic rings. The van der Waals surface area contributed by atoms with Crippen molar-refractivity contribution in [2.24, 2.45) is 0 Å². The highest BCUT2D eigenvalue weighted by Gasteiger charge is 2.06. The van der Waals surface area contributed by atoms with E-state index in [1.54, 1.807) is 29.8 Å². The van der Waals surface area contributed by atoms with E-state index in [1.807, 2.05) is 0 Å². The molecule has 4 heteroatoms. The van der Waals surface area contributed by atoms with Crippen LogP contribution in [-0.4, -0.2) is 17.1 Å². The van der Waals surface area contributed by atoms with E-state index in [1.165, 1.54) is 12.1 Å². The van der Waals surface area contributed by atoms with Crippen molar-refractivity contribution in [3.8, 4) is 0 Å². The van der Waals surface area contributed by atoms with Gasteiger partial charge in [-0.25, -0.2) is 4.39 Å². The minimum Gasteiger partial charge on any atom is -0.465 e. The van der Waals surface area contributed by atoms with Gasteiger partial charge < -0.3 is 9.30 Å². The summed E-state index contributed by atoms with van der Waals surface area (Å²) in [6, 6.07) is 6.25. The summed E-state index contributed by atoms with van der Waals surface area (Å²) in [5, 5.41) is 0.782. The second-order valence-electron chi connectivity index (χ2n) is 3.45. The number of aromatic nitrogens is 1. The fourth-order valence-corrected chi connectivity index (χ4v) is 1.65. The highest BCUT2D eigenvalue weighted by Crippen LogP contribution is 2.16. The summed E-state index contributed by atoms with van der Waals surface area (Å²) < 4.78 is 19.5. The molecule has 0 spiro atoms. The lowest BCUT2D eigenvalue weighted by Gasteiger charge is -2.04. The molecular weight excluding hydrogens is 209 g/mol. The van der Waals surface area contributed by atoms with Crippen LogP contribution in [0.5, 0.6) is 0 Å². The number of rotatable bonds is 3. The average molecular weight is 221 g/mol. The van der Waals surface area contributed by atoms with Crippen LogP contribution in [0.15, 0.2) is 30.5 Å². The molecule has 0 radical (unpaired) electrons. The molecule has 0 fully saturated rings. The van der Waals surface area contributed by atoms with Gasteiger partial charge in [-0.2, -0.15) is 0 Å². The van der Waals surface area contributed by atoms with Crippen LogP contribution in [0, 0.1) is 5.82 Å². The van der Waals surface area contributed by atoms with Gasteiger partial charge in [0, 0.05) is 17.1 Å². The second-order valence-corrected chi connectivity index (χ2v) is 3.45. The third-order valence-corrected chi connectivity index (χ3v) is 2.34. The number of hydrogen-bond donors (Lipinski definition) is 0. The average Bonchev–Trinajstić information content (AvgIpc) is 2.61. The number of ether oxygens (including phenoxy) is 1. The van der Waals surface area contributed by atoms with Gasteiger partial charge in [-0.3, -0.25) is 4.79 Å². The van der Waals surface area contributed by atoms with Crippen molar-refractivity contribution < 1.29 is 13.9 Å². The highest BCUT2D eigenvalue weighted by molar-refractivity contribution is 5.82. The van der Waals surface area contributed by atoms with Gasteiger partial charge in [-0.1, -0.05) is 0 Å². The molecule has 3 nitrogen and oxygen atoms in total. The maximum absolute atomic E-state index is 12.9. The number of carbonyl (C=O) groups excluding carboxylic acids is 1. The first kappa shape index (κ1) is 10.7. The number of hydrogen-bond acceptors (Lipinski definition) is 2. The molecule has 2 rings (SSSR count). The maximum Gasteiger partial charge on any atom is 0.325 e. The zero-order valence-electron chi connectivity index (χ0n) is 8.94. The fraction of sp³-hybridized carbons (Fsp3) is 0.250. The topological polar surface area (TPSA) is 31.2 Å². The Balaban J connectivity index is 2.28. The molecule has 0 unspecified atom stereocenters. The quantitative estimate of drug-likeness (QED) is 0.745. The summed E-state index contributed by atoms with van der Waals surface area (Å²) in [5.41, 5.74) is 0.828. The highest BCUT2D eigenvalue weighted by atomic mass is 19.1. The van der Waals surface area contributed by atoms with Crippen LogP contribution in [0.4, 0.5) is 4.39 Å². The van der Waals surface area contributed by atoms with Crippen LogP contribution < -0.4 is 0 Å². The maximum atomic E-state index is 12.9. The van der Waals surface area contributed by atoms with E-state index in [0.29, 0.717) is 6.61 Å². The molecule has 0 aliphatic rings. The minimum absolute atomic E-state index is 0.156. The van der Waals surface area contributed by atoms with Crippen molar-refractivity contribution in [3.63, 3.8) is 0 Å². The van der Waals surface area contributed by atoms with E-state index in [9.17, 15) is 9.18 Å². The van der Waals surface area contributed by atoms with Crippen LogP contribution in [-0.2, 0) is 16.1 Å². The molecular formula is C12H12FNO2. The number of nitrogens with zero attached hydrogens (tertiary/aromatic N) is 1. The third-order valence-electron chi connectivity index (χ3n) is 2.34. The van der Waals surface area contributed by atoms with Crippen molar-refractivity contribution in [3.05, 3.63) is 36.3 Å². The van der Waals surface area contributed by atoms with Crippen molar-refractivity contribution in [2.45, 2.75) is 13.5 Å². The lowest BCUT2D eigenvalue weighted by atomic mass is 10.2. The lowest BCUT2D eigenvalue weighted by molar-refractivity contribution is -0.143. The van der Waals surface area contributed by atoms with Crippen LogP contribution >= 0.6 is 0 Å². The van der Waals surface area contributed by atoms with Gasteiger partial charge in [0.05, 0.1) is 6.61 Å². The monoisotopic (exact) mass is 221 g/mol. The van der Waals surface area contributed by atoms with Crippen molar-refractivity contribution in [1.29, 1.82) is 0 Å². The molecule has 0 bridgehead atoms. The summed E-state index contributed by atoms with van der Waals surface area (Å²) >= 11 is 0. The van der Waals surface area contributed by atoms with Crippen molar-refractivity contribution in [1.82, 2.24) is 4.57 Å². The SMILES string of the molecule is CCOC(=O)Cn1ccc2cc(F)ccc21. The van der Waals surface area contributed by atoms with Gasteiger partial charge in [-0.15, -0.1) is 0 Å². The standard InChI is InChI=1S/C12H12FNO2/c1-2-16-12(15)8-14-6-5-9-7-10(13)3-4-11(9)14/h3-7H,2,8H2,1H3. The van der Waals surface area contributed by atoms with Gasteiger partial charge >= 0.3 is 5.97 Å². The van der Waals surface area contributed by atoms with Crippen LogP contribution in [0.3, 0.4) is 0 Å². The van der Waals surface area contributed by atoms with Crippen LogP contribution in [0.2, 0.25) is 0 Å². The van der Waals surface area contributed by atoms with E-state index in [-0.39, 0.29) is 18.3 Å². The Morgan fingerprint density at radius 1 is 1.44 bits per heavy atom. The summed E-state index contributed by atoms with van der Waals surface area (Å²) in [4.78, 5) is 11.3. The molecule has 84 valence electrons. The summed E-state index contributed by atoms with van der Waals surface area (Å²) in [7, 11) is 0. The normalized spacial score (nSPS) is 10.6. The smallest absolute Gasteiger partial charge is 0.325 e. The number of carbonyl (C=O) groups is 1. The van der Waals surface area contributed by atoms with E-state index in [0.717, 1.165) is 10.9 Å². The molecule has 16 heavy (non-hydrogen) atoms. The van der Waals surface area contributed by atoms with Gasteiger partial charge in [-0.05, 0) is 31.2 Å². The Morgan fingerprint density at radius 2 is 2.25 bits per heavy atom. The first-order chi connectivity index (χ1) is 7.70. The number of esters is 1. The third kappa shape index (κ3) is 2.05. The Hall–Kier alpha value is -1.84. The lowest BCUT2D eigenvalue weighted by Crippen LogP contribution is -2.12. The molecule has 0 aliphatic carbocycles. The molecule has 0 saturated heterocycles. The van der Waals surface area contributed by atoms with E-state index in [2.05, 4.69) is 0 Å². The first-order valence-electron chi connectivity index (χ1n) is 5.10. The first-order valence-corrected chi connectivity index (χ1v) is 5.10. The van der Waals surface area contributed by atoms with Gasteiger partial charge in [0.2, 0.25) is 0 Å². The van der Waals surface area contributed by atoms with Gasteiger partial charge in [0.25, 0.3) is 0 Å². The zero-order chi connectivity index (χ0) is 11.5. The van der Waals surface area contributed by atoms with Crippen LogP contribution in [0.1, 0.15) is 6.92 Å². The second kappa shape index (κ2) is 4.35. The van der Waals surface area contributed by atoms with Crippen molar-refractivity contribution in [2.75, 3.05) is 6.61 Å².